The highest BCUT2D eigenvalue weighted by Crippen LogP contribution is 2.57. The molecule has 3 atom stereocenters. The lowest BCUT2D eigenvalue weighted by molar-refractivity contribution is -0.152. The van der Waals surface area contributed by atoms with Crippen molar-refractivity contribution in [3.63, 3.8) is 0 Å². The van der Waals surface area contributed by atoms with Crippen LogP contribution in [0, 0.1) is 17.3 Å². The Morgan fingerprint density at radius 2 is 2.24 bits per heavy atom. The average molecular weight is 311 g/mol. The van der Waals surface area contributed by atoms with E-state index in [1.54, 1.807) is 0 Å². The first-order chi connectivity index (χ1) is 10.0. The highest BCUT2D eigenvalue weighted by molar-refractivity contribution is 6.31. The number of halogens is 1. The number of aryl methyl sites for hydroxylation is 2. The normalized spacial score (nSPS) is 31.0. The van der Waals surface area contributed by atoms with Gasteiger partial charge in [0.15, 0.2) is 0 Å². The zero-order valence-electron chi connectivity index (χ0n) is 12.7. The van der Waals surface area contributed by atoms with Crippen LogP contribution >= 0.6 is 11.6 Å². The summed E-state index contributed by atoms with van der Waals surface area (Å²) in [4.78, 5) is 12.0. The quantitative estimate of drug-likeness (QED) is 0.905. The number of nitrogens with zero attached hydrogens (tertiary/aromatic N) is 2. The van der Waals surface area contributed by atoms with Gasteiger partial charge in [-0.05, 0) is 44.4 Å². The number of aliphatic carboxylic acids is 1. The summed E-state index contributed by atoms with van der Waals surface area (Å²) in [6.07, 6.45) is 5.44. The first-order valence-corrected chi connectivity index (χ1v) is 8.37. The molecule has 2 bridgehead atoms. The van der Waals surface area contributed by atoms with E-state index in [2.05, 4.69) is 5.10 Å². The summed E-state index contributed by atoms with van der Waals surface area (Å²) >= 11 is 6.48. The van der Waals surface area contributed by atoms with Crippen LogP contribution in [0.4, 0.5) is 0 Å². The van der Waals surface area contributed by atoms with Crippen molar-refractivity contribution in [2.24, 2.45) is 17.3 Å². The molecule has 2 saturated carbocycles. The van der Waals surface area contributed by atoms with Crippen LogP contribution in [-0.4, -0.2) is 20.9 Å². The van der Waals surface area contributed by atoms with Crippen molar-refractivity contribution >= 4 is 17.6 Å². The van der Waals surface area contributed by atoms with Crippen molar-refractivity contribution in [2.75, 3.05) is 0 Å². The second-order valence-corrected chi connectivity index (χ2v) is 6.97. The summed E-state index contributed by atoms with van der Waals surface area (Å²) in [7, 11) is 0. The Balaban J connectivity index is 1.98. The van der Waals surface area contributed by atoms with Crippen LogP contribution in [0.1, 0.15) is 50.9 Å². The van der Waals surface area contributed by atoms with E-state index in [-0.39, 0.29) is 0 Å². The van der Waals surface area contributed by atoms with Gasteiger partial charge >= 0.3 is 5.97 Å². The summed E-state index contributed by atoms with van der Waals surface area (Å²) in [5, 5.41) is 15.1. The van der Waals surface area contributed by atoms with Crippen molar-refractivity contribution < 1.29 is 9.90 Å². The van der Waals surface area contributed by atoms with E-state index in [9.17, 15) is 9.90 Å². The molecule has 1 heterocycles. The van der Waals surface area contributed by atoms with Gasteiger partial charge in [-0.2, -0.15) is 5.10 Å². The van der Waals surface area contributed by atoms with Crippen LogP contribution < -0.4 is 0 Å². The zero-order valence-corrected chi connectivity index (χ0v) is 13.5. The lowest BCUT2D eigenvalue weighted by Gasteiger charge is -2.33. The Labute approximate surface area is 130 Å². The monoisotopic (exact) mass is 310 g/mol. The van der Waals surface area contributed by atoms with Crippen LogP contribution in [0.3, 0.4) is 0 Å². The number of hydrogen-bond donors (Lipinski definition) is 1. The van der Waals surface area contributed by atoms with Gasteiger partial charge in [0, 0.05) is 13.0 Å². The zero-order chi connectivity index (χ0) is 15.2. The third-order valence-corrected chi connectivity index (χ3v) is 6.01. The number of carbonyl (C=O) groups is 1. The van der Waals surface area contributed by atoms with Gasteiger partial charge in [0.1, 0.15) is 0 Å². The number of hydrogen-bond acceptors (Lipinski definition) is 2. The van der Waals surface area contributed by atoms with Crippen LogP contribution in [0.2, 0.25) is 5.02 Å². The van der Waals surface area contributed by atoms with Crippen LogP contribution in [0.15, 0.2) is 0 Å². The first kappa shape index (κ1) is 14.9. The Morgan fingerprint density at radius 3 is 2.71 bits per heavy atom. The molecule has 1 N–H and O–H groups in total. The van der Waals surface area contributed by atoms with Gasteiger partial charge in [-0.25, -0.2) is 0 Å². The third-order valence-electron chi connectivity index (χ3n) is 5.58. The predicted molar refractivity (Wildman–Crippen MR) is 81.5 cm³/mol. The fourth-order valence-electron chi connectivity index (χ4n) is 4.48. The summed E-state index contributed by atoms with van der Waals surface area (Å²) in [5.41, 5.74) is 1.19. The molecule has 5 heteroatoms. The van der Waals surface area contributed by atoms with E-state index in [4.69, 9.17) is 11.6 Å². The minimum absolute atomic E-state index is 0.307. The number of fused-ring (bicyclic) bond motifs is 2. The molecule has 4 nitrogen and oxygen atoms in total. The molecule has 116 valence electrons. The highest BCUT2D eigenvalue weighted by atomic mass is 35.5. The average Bonchev–Trinajstić information content (AvgIpc) is 3.14. The van der Waals surface area contributed by atoms with E-state index in [0.29, 0.717) is 23.3 Å². The number of carboxylic acid groups (broad SMARTS) is 1. The minimum atomic E-state index is -0.646. The van der Waals surface area contributed by atoms with Crippen molar-refractivity contribution in [3.05, 3.63) is 16.4 Å². The Bertz CT molecular complexity index is 569. The molecule has 3 rings (SSSR count). The maximum Gasteiger partial charge on any atom is 0.310 e. The van der Waals surface area contributed by atoms with Gasteiger partial charge in [-0.1, -0.05) is 24.9 Å². The van der Waals surface area contributed by atoms with E-state index in [0.717, 1.165) is 43.6 Å². The molecule has 0 amide bonds. The Hall–Kier alpha value is -1.03. The van der Waals surface area contributed by atoms with Crippen molar-refractivity contribution in [1.29, 1.82) is 0 Å². The molecule has 0 aromatic carbocycles. The van der Waals surface area contributed by atoms with E-state index >= 15 is 0 Å². The topological polar surface area (TPSA) is 55.1 Å². The van der Waals surface area contributed by atoms with Gasteiger partial charge in [0.25, 0.3) is 0 Å². The summed E-state index contributed by atoms with van der Waals surface area (Å²) in [6.45, 7) is 4.79. The third kappa shape index (κ3) is 2.19. The number of aromatic nitrogens is 2. The van der Waals surface area contributed by atoms with Crippen LogP contribution in [0.5, 0.6) is 0 Å². The second-order valence-electron chi connectivity index (χ2n) is 6.59. The molecule has 2 fully saturated rings. The minimum Gasteiger partial charge on any atom is -0.481 e. The maximum atomic E-state index is 12.0. The van der Waals surface area contributed by atoms with E-state index < -0.39 is 11.4 Å². The Morgan fingerprint density at radius 1 is 1.48 bits per heavy atom. The smallest absolute Gasteiger partial charge is 0.310 e. The summed E-state index contributed by atoms with van der Waals surface area (Å²) < 4.78 is 1.90. The molecule has 0 saturated heterocycles. The lowest BCUT2D eigenvalue weighted by Crippen LogP contribution is -2.39. The molecule has 0 spiro atoms. The predicted octanol–water partition coefficient (Wildman–Crippen LogP) is 3.55. The molecule has 1 aromatic heterocycles. The van der Waals surface area contributed by atoms with Gasteiger partial charge in [-0.3, -0.25) is 9.48 Å². The van der Waals surface area contributed by atoms with Crippen LogP contribution in [0.25, 0.3) is 0 Å². The van der Waals surface area contributed by atoms with E-state index in [1.165, 1.54) is 6.42 Å². The standard InChI is InChI=1S/C16H23ClN2O2/c1-3-12-14(17)13(19(4-2)18-12)9-16(15(20)21)8-10-5-6-11(16)7-10/h10-11H,3-9H2,1-2H3,(H,20,21). The molecule has 2 aliphatic rings. The van der Waals surface area contributed by atoms with Gasteiger partial charge < -0.3 is 5.11 Å². The van der Waals surface area contributed by atoms with Crippen molar-refractivity contribution in [1.82, 2.24) is 9.78 Å². The van der Waals surface area contributed by atoms with Gasteiger partial charge in [-0.15, -0.1) is 0 Å². The van der Waals surface area contributed by atoms with Crippen LogP contribution in [-0.2, 0) is 24.2 Å². The summed E-state index contributed by atoms with van der Waals surface area (Å²) in [6, 6.07) is 0. The fourth-order valence-corrected chi connectivity index (χ4v) is 4.82. The second kappa shape index (κ2) is 5.31. The molecule has 1 aromatic rings. The molecule has 21 heavy (non-hydrogen) atoms. The molecule has 0 radical (unpaired) electrons. The lowest BCUT2D eigenvalue weighted by atomic mass is 9.70. The maximum absolute atomic E-state index is 12.0. The number of carboxylic acids is 1. The highest BCUT2D eigenvalue weighted by Gasteiger charge is 2.56. The van der Waals surface area contributed by atoms with Crippen molar-refractivity contribution in [2.45, 2.75) is 58.9 Å². The van der Waals surface area contributed by atoms with Gasteiger partial charge in [0.2, 0.25) is 0 Å². The SMILES string of the molecule is CCc1nn(CC)c(CC2(C(=O)O)CC3CCC2C3)c1Cl. The number of rotatable bonds is 5. The first-order valence-electron chi connectivity index (χ1n) is 7.99. The van der Waals surface area contributed by atoms with E-state index in [1.807, 2.05) is 18.5 Å². The Kier molecular flexibility index (Phi) is 3.76. The molecular weight excluding hydrogens is 288 g/mol. The van der Waals surface area contributed by atoms with Crippen molar-refractivity contribution in [3.8, 4) is 0 Å². The molecule has 2 aliphatic carbocycles. The molecule has 0 aliphatic heterocycles. The summed E-state index contributed by atoms with van der Waals surface area (Å²) in [5.74, 6) is 0.252. The molecule has 3 unspecified atom stereocenters. The largest absolute Gasteiger partial charge is 0.481 e. The fraction of sp³-hybridized carbons (Fsp3) is 0.750. The van der Waals surface area contributed by atoms with Gasteiger partial charge in [0.05, 0.1) is 21.8 Å². The molecular formula is C16H23ClN2O2.